The molecule has 1 spiro atoms. The summed E-state index contributed by atoms with van der Waals surface area (Å²) < 4.78 is 70.3. The van der Waals surface area contributed by atoms with E-state index in [9.17, 15) is 9.59 Å². The predicted molar refractivity (Wildman–Crippen MR) is 162 cm³/mol. The van der Waals surface area contributed by atoms with Gasteiger partial charge >= 0.3 is 6.09 Å². The SMILES string of the molecule is [2H]C([2H])([2H])N(CCOc1c(N)ncnc1-c1cc(F)cc(NC(=O)c2cc3c(cc2F)C2(CC2)CO3)c1C)C(=O)OCc1ccccc1. The number of nitrogens with zero attached hydrogens (tertiary/aromatic N) is 3. The van der Waals surface area contributed by atoms with E-state index in [-0.39, 0.29) is 52.7 Å². The first kappa shape index (κ1) is 26.2. The lowest BCUT2D eigenvalue weighted by Crippen LogP contribution is -2.31. The number of aromatic nitrogens is 2. The third-order valence-corrected chi connectivity index (χ3v) is 7.94. The number of rotatable bonds is 9. The number of halogens is 2. The Balaban J connectivity index is 1.20. The molecule has 232 valence electrons. The summed E-state index contributed by atoms with van der Waals surface area (Å²) in [6.07, 6.45) is 1.84. The van der Waals surface area contributed by atoms with E-state index in [1.54, 1.807) is 37.3 Å². The van der Waals surface area contributed by atoms with E-state index >= 15 is 8.78 Å². The molecule has 6 rings (SSSR count). The molecule has 1 saturated carbocycles. The first-order valence-corrected chi connectivity index (χ1v) is 14.2. The van der Waals surface area contributed by atoms with Gasteiger partial charge in [-0.3, -0.25) is 4.79 Å². The van der Waals surface area contributed by atoms with Crippen LogP contribution in [0.5, 0.6) is 11.5 Å². The van der Waals surface area contributed by atoms with Gasteiger partial charge in [0, 0.05) is 33.3 Å². The maximum absolute atomic E-state index is 15.1. The van der Waals surface area contributed by atoms with Crippen molar-refractivity contribution in [2.45, 2.75) is 31.8 Å². The summed E-state index contributed by atoms with van der Waals surface area (Å²) in [5.74, 6) is -2.07. The molecule has 0 unspecified atom stereocenters. The number of amides is 2. The molecule has 2 aliphatic rings. The van der Waals surface area contributed by atoms with Gasteiger partial charge in [-0.1, -0.05) is 30.3 Å². The Labute approximate surface area is 262 Å². The number of likely N-dealkylation sites (N-methyl/N-ethyl adjacent to an activating group) is 1. The Kier molecular flexibility index (Phi) is 6.99. The van der Waals surface area contributed by atoms with Gasteiger partial charge in [0.05, 0.1) is 18.7 Å². The molecule has 2 heterocycles. The Morgan fingerprint density at radius 1 is 1.16 bits per heavy atom. The van der Waals surface area contributed by atoms with E-state index in [0.717, 1.165) is 36.9 Å². The van der Waals surface area contributed by atoms with E-state index in [4.69, 9.17) is 24.1 Å². The second-order valence-electron chi connectivity index (χ2n) is 11.0. The van der Waals surface area contributed by atoms with Crippen LogP contribution in [-0.4, -0.2) is 53.6 Å². The lowest BCUT2D eigenvalue weighted by atomic mass is 9.96. The Bertz CT molecular complexity index is 1890. The number of nitrogens with one attached hydrogen (secondary N) is 1. The number of nitrogens with two attached hydrogens (primary N) is 1. The average molecular weight is 619 g/mol. The number of fused-ring (bicyclic) bond motifs is 2. The summed E-state index contributed by atoms with van der Waals surface area (Å²) in [6, 6.07) is 13.7. The largest absolute Gasteiger partial charge is 0.492 e. The predicted octanol–water partition coefficient (Wildman–Crippen LogP) is 5.64. The van der Waals surface area contributed by atoms with Gasteiger partial charge in [0.1, 0.15) is 42.6 Å². The maximum atomic E-state index is 15.1. The van der Waals surface area contributed by atoms with Gasteiger partial charge in [-0.05, 0) is 55.2 Å². The zero-order valence-corrected chi connectivity index (χ0v) is 24.2. The normalized spacial score (nSPS) is 15.2. The summed E-state index contributed by atoms with van der Waals surface area (Å²) in [7, 11) is 0. The second kappa shape index (κ2) is 12.0. The molecule has 1 aromatic heterocycles. The van der Waals surface area contributed by atoms with Crippen molar-refractivity contribution in [1.82, 2.24) is 14.9 Å². The zero-order valence-electron chi connectivity index (χ0n) is 27.2. The van der Waals surface area contributed by atoms with Gasteiger partial charge in [-0.15, -0.1) is 0 Å². The van der Waals surface area contributed by atoms with Gasteiger partial charge in [-0.2, -0.15) is 0 Å². The number of nitrogen functional groups attached to an aromatic ring is 1. The lowest BCUT2D eigenvalue weighted by Gasteiger charge is -2.19. The molecule has 10 nitrogen and oxygen atoms in total. The van der Waals surface area contributed by atoms with Crippen LogP contribution in [-0.2, 0) is 16.8 Å². The summed E-state index contributed by atoms with van der Waals surface area (Å²) in [5.41, 5.74) is 7.66. The molecule has 0 radical (unpaired) electrons. The third-order valence-electron chi connectivity index (χ3n) is 7.94. The van der Waals surface area contributed by atoms with Crippen LogP contribution >= 0.6 is 0 Å². The fourth-order valence-electron chi connectivity index (χ4n) is 5.21. The van der Waals surface area contributed by atoms with Gasteiger partial charge < -0.3 is 30.2 Å². The highest BCUT2D eigenvalue weighted by Crippen LogP contribution is 2.55. The number of carbonyl (C=O) groups excluding carboxylic acids is 2. The third kappa shape index (κ3) is 6.08. The Morgan fingerprint density at radius 3 is 2.71 bits per heavy atom. The van der Waals surface area contributed by atoms with E-state index < -0.39 is 37.2 Å². The minimum absolute atomic E-state index is 0.0346. The highest BCUT2D eigenvalue weighted by atomic mass is 19.1. The van der Waals surface area contributed by atoms with Crippen molar-refractivity contribution in [3.05, 3.63) is 94.8 Å². The number of anilines is 2. The van der Waals surface area contributed by atoms with Crippen LogP contribution in [0.1, 0.15) is 44.0 Å². The fraction of sp³-hybridized carbons (Fsp3) is 0.273. The van der Waals surface area contributed by atoms with Crippen molar-refractivity contribution in [3.8, 4) is 22.8 Å². The van der Waals surface area contributed by atoms with Crippen LogP contribution in [0.2, 0.25) is 0 Å². The molecule has 3 N–H and O–H groups in total. The summed E-state index contributed by atoms with van der Waals surface area (Å²) in [4.78, 5) is 34.6. The van der Waals surface area contributed by atoms with Crippen molar-refractivity contribution in [2.24, 2.45) is 0 Å². The molecule has 1 aliphatic carbocycles. The maximum Gasteiger partial charge on any atom is 0.409 e. The summed E-state index contributed by atoms with van der Waals surface area (Å²) in [5, 5.41) is 2.58. The van der Waals surface area contributed by atoms with E-state index in [2.05, 4.69) is 15.3 Å². The molecule has 3 aromatic carbocycles. The second-order valence-corrected chi connectivity index (χ2v) is 11.0. The molecule has 0 bridgehead atoms. The quantitative estimate of drug-likeness (QED) is 0.247. The lowest BCUT2D eigenvalue weighted by molar-refractivity contribution is 0.0993. The number of hydrogen-bond acceptors (Lipinski definition) is 8. The van der Waals surface area contributed by atoms with Crippen LogP contribution in [0, 0.1) is 18.6 Å². The smallest absolute Gasteiger partial charge is 0.409 e. The number of carbonyl (C=O) groups is 2. The van der Waals surface area contributed by atoms with Crippen molar-refractivity contribution < 1.29 is 36.7 Å². The number of benzene rings is 3. The number of hydrogen-bond donors (Lipinski definition) is 2. The van der Waals surface area contributed by atoms with Crippen LogP contribution in [0.4, 0.5) is 25.1 Å². The van der Waals surface area contributed by atoms with Gasteiger partial charge in [0.25, 0.3) is 5.91 Å². The molecular formula is C33H31F2N5O5. The van der Waals surface area contributed by atoms with Crippen molar-refractivity contribution in [1.29, 1.82) is 0 Å². The minimum atomic E-state index is -2.85. The van der Waals surface area contributed by atoms with Crippen molar-refractivity contribution in [2.75, 3.05) is 37.8 Å². The Morgan fingerprint density at radius 2 is 1.96 bits per heavy atom. The van der Waals surface area contributed by atoms with Crippen molar-refractivity contribution >= 4 is 23.5 Å². The number of ether oxygens (including phenoxy) is 3. The topological polar surface area (TPSA) is 129 Å². The van der Waals surface area contributed by atoms with Gasteiger partial charge in [-0.25, -0.2) is 23.5 Å². The van der Waals surface area contributed by atoms with Crippen LogP contribution in [0.3, 0.4) is 0 Å². The van der Waals surface area contributed by atoms with Gasteiger partial charge in [0.15, 0.2) is 11.6 Å². The Hall–Kier alpha value is -5.26. The molecule has 4 aromatic rings. The van der Waals surface area contributed by atoms with Gasteiger partial charge in [0.2, 0.25) is 0 Å². The monoisotopic (exact) mass is 618 g/mol. The van der Waals surface area contributed by atoms with E-state index in [1.807, 2.05) is 0 Å². The molecule has 1 fully saturated rings. The molecule has 1 aliphatic heterocycles. The molecular weight excluding hydrogens is 584 g/mol. The first-order valence-electron chi connectivity index (χ1n) is 15.7. The molecule has 0 saturated heterocycles. The summed E-state index contributed by atoms with van der Waals surface area (Å²) >= 11 is 0. The zero-order chi connectivity index (χ0) is 34.2. The highest BCUT2D eigenvalue weighted by Gasteiger charge is 2.51. The van der Waals surface area contributed by atoms with E-state index in [0.29, 0.717) is 28.4 Å². The fourth-order valence-corrected chi connectivity index (χ4v) is 5.21. The highest BCUT2D eigenvalue weighted by molar-refractivity contribution is 6.05. The van der Waals surface area contributed by atoms with E-state index in [1.165, 1.54) is 12.1 Å². The minimum Gasteiger partial charge on any atom is -0.492 e. The first-order chi connectivity index (χ1) is 22.9. The van der Waals surface area contributed by atoms with Crippen molar-refractivity contribution in [3.63, 3.8) is 0 Å². The van der Waals surface area contributed by atoms with Crippen LogP contribution in [0.25, 0.3) is 11.3 Å². The van der Waals surface area contributed by atoms with Crippen LogP contribution in [0.15, 0.2) is 60.9 Å². The molecule has 2 amide bonds. The molecule has 12 heteroatoms. The molecule has 45 heavy (non-hydrogen) atoms. The molecule has 0 atom stereocenters. The standard InChI is InChI=1S/C33H31F2N5O5/c1-19-22(12-21(34)13-26(19)39-31(41)23-14-27-24(15-25(23)35)33(8-9-33)17-45-27)28-29(30(36)38-18-37-28)43-11-10-40(2)32(42)44-16-20-6-4-3-5-7-20/h3-7,12-15,18H,8-11,16-17H2,1-2H3,(H,39,41)(H2,36,37,38)/i2D3. The summed E-state index contributed by atoms with van der Waals surface area (Å²) in [6.45, 7) is -1.76. The van der Waals surface area contributed by atoms with Crippen LogP contribution < -0.4 is 20.5 Å². The average Bonchev–Trinajstić information content (AvgIpc) is 3.76.